The number of thiazole rings is 1. The second-order valence-electron chi connectivity index (χ2n) is 6.75. The number of rotatable bonds is 8. The van der Waals surface area contributed by atoms with E-state index >= 15 is 0 Å². The summed E-state index contributed by atoms with van der Waals surface area (Å²) in [7, 11) is 0. The van der Waals surface area contributed by atoms with E-state index in [0.717, 1.165) is 11.1 Å². The highest BCUT2D eigenvalue weighted by molar-refractivity contribution is 7.07. The number of carbonyl (C=O) groups excluding carboxylic acids is 1. The van der Waals surface area contributed by atoms with Crippen LogP contribution in [-0.4, -0.2) is 17.5 Å². The molecule has 1 unspecified atom stereocenters. The number of furan rings is 1. The zero-order chi connectivity index (χ0) is 20.9. The summed E-state index contributed by atoms with van der Waals surface area (Å²) in [6.45, 7) is 4.74. The highest BCUT2D eigenvalue weighted by Crippen LogP contribution is 2.31. The van der Waals surface area contributed by atoms with Crippen molar-refractivity contribution >= 4 is 28.2 Å². The number of benzene rings is 2. The number of carbonyl (C=O) groups is 1. The Kier molecular flexibility index (Phi) is 5.99. The van der Waals surface area contributed by atoms with Crippen LogP contribution in [0.2, 0.25) is 0 Å². The first kappa shape index (κ1) is 20.0. The first-order valence-electron chi connectivity index (χ1n) is 9.70. The molecule has 0 aliphatic heterocycles. The fraction of sp³-hybridized carbons (Fsp3) is 0.217. The smallest absolute Gasteiger partial charge is 0.251 e. The molecule has 1 amide bonds. The van der Waals surface area contributed by atoms with Gasteiger partial charge in [-0.15, -0.1) is 11.3 Å². The van der Waals surface area contributed by atoms with Gasteiger partial charge in [0.1, 0.15) is 18.1 Å². The van der Waals surface area contributed by atoms with Crippen LogP contribution in [0.15, 0.2) is 63.8 Å². The van der Waals surface area contributed by atoms with Crippen molar-refractivity contribution in [1.82, 2.24) is 10.3 Å². The molecule has 6 nitrogen and oxygen atoms in total. The minimum absolute atomic E-state index is 0.202. The van der Waals surface area contributed by atoms with Gasteiger partial charge in [-0.1, -0.05) is 18.2 Å². The Bertz CT molecular complexity index is 1140. The largest absolute Gasteiger partial charge is 0.490 e. The summed E-state index contributed by atoms with van der Waals surface area (Å²) in [4.78, 5) is 16.9. The van der Waals surface area contributed by atoms with E-state index in [2.05, 4.69) is 10.3 Å². The maximum absolute atomic E-state index is 12.8. The van der Waals surface area contributed by atoms with E-state index in [1.807, 2.05) is 49.6 Å². The molecule has 0 radical (unpaired) electrons. The maximum atomic E-state index is 12.8. The van der Waals surface area contributed by atoms with Crippen LogP contribution in [-0.2, 0) is 6.61 Å². The van der Waals surface area contributed by atoms with Gasteiger partial charge in [-0.25, -0.2) is 4.98 Å². The molecular formula is C23H22N2O4S. The van der Waals surface area contributed by atoms with E-state index in [4.69, 9.17) is 13.9 Å². The van der Waals surface area contributed by atoms with Crippen molar-refractivity contribution in [2.24, 2.45) is 0 Å². The highest BCUT2D eigenvalue weighted by Gasteiger charge is 2.17. The Morgan fingerprint density at radius 1 is 1.20 bits per heavy atom. The summed E-state index contributed by atoms with van der Waals surface area (Å²) in [6.07, 6.45) is 0. The molecule has 0 spiro atoms. The summed E-state index contributed by atoms with van der Waals surface area (Å²) in [5.41, 5.74) is 3.83. The van der Waals surface area contributed by atoms with Crippen LogP contribution in [0.25, 0.3) is 11.0 Å². The third-order valence-corrected chi connectivity index (χ3v) is 5.20. The minimum Gasteiger partial charge on any atom is -0.490 e. The van der Waals surface area contributed by atoms with Crippen molar-refractivity contribution in [2.45, 2.75) is 26.5 Å². The molecule has 4 rings (SSSR count). The Labute approximate surface area is 178 Å². The summed E-state index contributed by atoms with van der Waals surface area (Å²) in [5.74, 6) is 1.78. The van der Waals surface area contributed by atoms with Crippen molar-refractivity contribution in [2.75, 3.05) is 6.61 Å². The lowest BCUT2D eigenvalue weighted by Gasteiger charge is -2.12. The molecule has 2 aromatic carbocycles. The van der Waals surface area contributed by atoms with E-state index in [9.17, 15) is 4.79 Å². The van der Waals surface area contributed by atoms with Crippen molar-refractivity contribution in [3.05, 3.63) is 76.4 Å². The van der Waals surface area contributed by atoms with Gasteiger partial charge in [0.25, 0.3) is 5.91 Å². The zero-order valence-electron chi connectivity index (χ0n) is 16.8. The zero-order valence-corrected chi connectivity index (χ0v) is 17.6. The summed E-state index contributed by atoms with van der Waals surface area (Å²) < 4.78 is 17.3. The molecule has 4 aromatic rings. The molecule has 0 bridgehead atoms. The molecule has 0 saturated heterocycles. The number of aromatic nitrogens is 1. The van der Waals surface area contributed by atoms with E-state index in [1.54, 1.807) is 23.7 Å². The molecule has 1 N–H and O–H groups in total. The lowest BCUT2D eigenvalue weighted by molar-refractivity contribution is 0.0935. The number of nitrogens with zero attached hydrogens (tertiary/aromatic N) is 1. The SMILES string of the molecule is CCOc1cccc2cc(C(C)NC(=O)c3cccc(OCc4cscn4)c3)oc12. The van der Waals surface area contributed by atoms with Gasteiger partial charge in [0, 0.05) is 16.3 Å². The van der Waals surface area contributed by atoms with Gasteiger partial charge < -0.3 is 19.2 Å². The molecule has 0 saturated carbocycles. The highest BCUT2D eigenvalue weighted by atomic mass is 32.1. The number of fused-ring (bicyclic) bond motifs is 1. The number of amides is 1. The van der Waals surface area contributed by atoms with Crippen LogP contribution in [0.3, 0.4) is 0 Å². The van der Waals surface area contributed by atoms with Gasteiger partial charge in [-0.05, 0) is 44.2 Å². The Morgan fingerprint density at radius 3 is 2.87 bits per heavy atom. The molecule has 0 aliphatic carbocycles. The monoisotopic (exact) mass is 422 g/mol. The Balaban J connectivity index is 1.45. The topological polar surface area (TPSA) is 73.6 Å². The van der Waals surface area contributed by atoms with Crippen LogP contribution in [0.4, 0.5) is 0 Å². The van der Waals surface area contributed by atoms with Gasteiger partial charge in [-0.2, -0.15) is 0 Å². The summed E-state index contributed by atoms with van der Waals surface area (Å²) in [5, 5.41) is 5.85. The first-order chi connectivity index (χ1) is 14.6. The lowest BCUT2D eigenvalue weighted by atomic mass is 10.1. The fourth-order valence-corrected chi connectivity index (χ4v) is 3.63. The molecule has 0 aliphatic rings. The number of hydrogen-bond acceptors (Lipinski definition) is 6. The van der Waals surface area contributed by atoms with Crippen LogP contribution in [0, 0.1) is 0 Å². The maximum Gasteiger partial charge on any atom is 0.251 e. The van der Waals surface area contributed by atoms with E-state index in [1.165, 1.54) is 11.3 Å². The number of hydrogen-bond donors (Lipinski definition) is 1. The first-order valence-corrected chi connectivity index (χ1v) is 10.6. The molecule has 2 aromatic heterocycles. The summed E-state index contributed by atoms with van der Waals surface area (Å²) in [6, 6.07) is 14.5. The quantitative estimate of drug-likeness (QED) is 0.414. The average Bonchev–Trinajstić information content (AvgIpc) is 3.43. The van der Waals surface area contributed by atoms with Crippen molar-refractivity contribution in [3.8, 4) is 11.5 Å². The second kappa shape index (κ2) is 9.00. The standard InChI is InChI=1S/C23H22N2O4S/c1-3-27-20-9-5-6-16-11-21(29-22(16)20)15(2)25-23(26)17-7-4-8-19(10-17)28-12-18-13-30-14-24-18/h4-11,13-15H,3,12H2,1-2H3,(H,25,26). The average molecular weight is 423 g/mol. The van der Waals surface area contributed by atoms with Gasteiger partial charge >= 0.3 is 0 Å². The van der Waals surface area contributed by atoms with E-state index in [0.29, 0.717) is 41.6 Å². The predicted molar refractivity (Wildman–Crippen MR) is 116 cm³/mol. The van der Waals surface area contributed by atoms with Crippen LogP contribution in [0.5, 0.6) is 11.5 Å². The third-order valence-electron chi connectivity index (χ3n) is 4.57. The predicted octanol–water partition coefficient (Wildman–Crippen LogP) is 5.36. The van der Waals surface area contributed by atoms with Crippen molar-refractivity contribution in [3.63, 3.8) is 0 Å². The van der Waals surface area contributed by atoms with Crippen molar-refractivity contribution in [1.29, 1.82) is 0 Å². The second-order valence-corrected chi connectivity index (χ2v) is 7.47. The Morgan fingerprint density at radius 2 is 2.07 bits per heavy atom. The molecule has 154 valence electrons. The van der Waals surface area contributed by atoms with E-state index in [-0.39, 0.29) is 11.9 Å². The van der Waals surface area contributed by atoms with Crippen LogP contribution >= 0.6 is 11.3 Å². The fourth-order valence-electron chi connectivity index (χ4n) is 3.08. The number of nitrogens with one attached hydrogen (secondary N) is 1. The number of para-hydroxylation sites is 1. The van der Waals surface area contributed by atoms with Gasteiger partial charge in [0.2, 0.25) is 0 Å². The molecule has 2 heterocycles. The Hall–Kier alpha value is -3.32. The van der Waals surface area contributed by atoms with Crippen molar-refractivity contribution < 1.29 is 18.7 Å². The van der Waals surface area contributed by atoms with E-state index < -0.39 is 0 Å². The molecule has 1 atom stereocenters. The molecule has 0 fully saturated rings. The molecule has 7 heteroatoms. The molecule has 30 heavy (non-hydrogen) atoms. The molecular weight excluding hydrogens is 400 g/mol. The van der Waals surface area contributed by atoms with Gasteiger partial charge in [-0.3, -0.25) is 4.79 Å². The normalized spacial score (nSPS) is 11.9. The summed E-state index contributed by atoms with van der Waals surface area (Å²) >= 11 is 1.52. The minimum atomic E-state index is -0.307. The van der Waals surface area contributed by atoms with Crippen LogP contribution < -0.4 is 14.8 Å². The van der Waals surface area contributed by atoms with Gasteiger partial charge in [0.15, 0.2) is 11.3 Å². The third kappa shape index (κ3) is 4.46. The van der Waals surface area contributed by atoms with Gasteiger partial charge in [0.05, 0.1) is 23.9 Å². The number of ether oxygens (including phenoxy) is 2. The lowest BCUT2D eigenvalue weighted by Crippen LogP contribution is -2.26. The van der Waals surface area contributed by atoms with Crippen LogP contribution in [0.1, 0.15) is 41.7 Å².